The largest absolute Gasteiger partial charge is 0.467 e. The van der Waals surface area contributed by atoms with E-state index in [-0.39, 0.29) is 0 Å². The van der Waals surface area contributed by atoms with Gasteiger partial charge in [-0.1, -0.05) is 11.8 Å². The number of hydrogen-bond acceptors (Lipinski definition) is 5. The molecule has 0 amide bonds. The zero-order chi connectivity index (χ0) is 12.8. The summed E-state index contributed by atoms with van der Waals surface area (Å²) in [6.07, 6.45) is 2.92. The van der Waals surface area contributed by atoms with Crippen LogP contribution in [0.2, 0.25) is 0 Å². The fraction of sp³-hybridized carbons (Fsp3) is 0.615. The Hall–Kier alpha value is -0.940. The molecule has 0 radical (unpaired) electrons. The molecule has 0 aromatic carbocycles. The van der Waals surface area contributed by atoms with Crippen molar-refractivity contribution >= 4 is 16.9 Å². The van der Waals surface area contributed by atoms with Crippen molar-refractivity contribution in [1.82, 2.24) is 9.80 Å². The third-order valence-electron chi connectivity index (χ3n) is 2.80. The van der Waals surface area contributed by atoms with E-state index < -0.39 is 0 Å². The Morgan fingerprint density at radius 2 is 2.28 bits per heavy atom. The monoisotopic (exact) mass is 267 g/mol. The number of thioether (sulfide) groups is 1. The van der Waals surface area contributed by atoms with Crippen LogP contribution in [0.4, 0.5) is 0 Å². The molecule has 0 bridgehead atoms. The molecule has 1 aliphatic rings. The van der Waals surface area contributed by atoms with E-state index in [9.17, 15) is 0 Å². The Balaban J connectivity index is 1.99. The first-order valence-corrected chi connectivity index (χ1v) is 7.33. The van der Waals surface area contributed by atoms with Gasteiger partial charge < -0.3 is 14.2 Å². The minimum absolute atomic E-state index is 0.812. The van der Waals surface area contributed by atoms with Gasteiger partial charge in [0.1, 0.15) is 5.76 Å². The number of aliphatic imine (C=N–C) groups is 1. The molecule has 18 heavy (non-hydrogen) atoms. The normalized spacial score (nSPS) is 15.8. The minimum atomic E-state index is 0.812. The summed E-state index contributed by atoms with van der Waals surface area (Å²) in [5.74, 6) is 2.18. The van der Waals surface area contributed by atoms with Crippen LogP contribution in [0.1, 0.15) is 12.2 Å². The number of rotatable bonds is 5. The molecule has 5 heteroatoms. The van der Waals surface area contributed by atoms with Gasteiger partial charge >= 0.3 is 0 Å². The molecule has 2 heterocycles. The van der Waals surface area contributed by atoms with E-state index in [2.05, 4.69) is 28.9 Å². The summed E-state index contributed by atoms with van der Waals surface area (Å²) < 4.78 is 5.44. The van der Waals surface area contributed by atoms with Gasteiger partial charge in [0.15, 0.2) is 5.17 Å². The summed E-state index contributed by atoms with van der Waals surface area (Å²) in [6.45, 7) is 3.78. The third-order valence-corrected chi connectivity index (χ3v) is 3.93. The molecule has 0 fully saturated rings. The highest BCUT2D eigenvalue weighted by Gasteiger charge is 2.16. The van der Waals surface area contributed by atoms with Gasteiger partial charge in [-0.05, 0) is 32.6 Å². The molecule has 0 N–H and O–H groups in total. The van der Waals surface area contributed by atoms with Crippen LogP contribution in [0.3, 0.4) is 0 Å². The molecule has 100 valence electrons. The van der Waals surface area contributed by atoms with Gasteiger partial charge in [-0.15, -0.1) is 0 Å². The Morgan fingerprint density at radius 1 is 1.39 bits per heavy atom. The molecule has 0 spiro atoms. The van der Waals surface area contributed by atoms with E-state index in [0.29, 0.717) is 0 Å². The molecule has 4 nitrogen and oxygen atoms in total. The maximum Gasteiger partial charge on any atom is 0.159 e. The highest BCUT2D eigenvalue weighted by molar-refractivity contribution is 8.13. The van der Waals surface area contributed by atoms with Gasteiger partial charge in [0.25, 0.3) is 0 Å². The zero-order valence-electron chi connectivity index (χ0n) is 11.1. The van der Waals surface area contributed by atoms with Gasteiger partial charge in [-0.3, -0.25) is 4.99 Å². The number of furan rings is 1. The minimum Gasteiger partial charge on any atom is -0.467 e. The molecule has 2 rings (SSSR count). The third kappa shape index (κ3) is 4.07. The Kier molecular flexibility index (Phi) is 5.13. The second-order valence-corrected chi connectivity index (χ2v) is 5.73. The first kappa shape index (κ1) is 13.5. The molecular weight excluding hydrogens is 246 g/mol. The Labute approximate surface area is 113 Å². The lowest BCUT2D eigenvalue weighted by Crippen LogP contribution is -2.35. The van der Waals surface area contributed by atoms with Crippen LogP contribution in [-0.4, -0.2) is 54.4 Å². The molecule has 0 atom stereocenters. The van der Waals surface area contributed by atoms with Crippen molar-refractivity contribution in [3.05, 3.63) is 24.2 Å². The highest BCUT2D eigenvalue weighted by Crippen LogP contribution is 2.18. The standard InChI is InChI=1S/C13H21N3OS/c1-15(2)7-8-16(11-12-5-3-9-17-12)13-14-6-4-10-18-13/h3,5,9H,4,6-8,10-11H2,1-2H3. The van der Waals surface area contributed by atoms with Crippen molar-refractivity contribution in [1.29, 1.82) is 0 Å². The fourth-order valence-corrected chi connectivity index (χ4v) is 2.77. The van der Waals surface area contributed by atoms with Crippen LogP contribution >= 0.6 is 11.8 Å². The lowest BCUT2D eigenvalue weighted by Gasteiger charge is -2.27. The Morgan fingerprint density at radius 3 is 2.89 bits per heavy atom. The van der Waals surface area contributed by atoms with E-state index in [1.54, 1.807) is 6.26 Å². The SMILES string of the molecule is CN(C)CCN(Cc1ccco1)C1=NCCCS1. The summed E-state index contributed by atoms with van der Waals surface area (Å²) >= 11 is 1.86. The number of amidine groups is 1. The summed E-state index contributed by atoms with van der Waals surface area (Å²) in [4.78, 5) is 9.15. The lowest BCUT2D eigenvalue weighted by atomic mass is 10.4. The maximum absolute atomic E-state index is 5.44. The summed E-state index contributed by atoms with van der Waals surface area (Å²) in [5.41, 5.74) is 0. The molecule has 0 unspecified atom stereocenters. The second-order valence-electron chi connectivity index (χ2n) is 4.67. The van der Waals surface area contributed by atoms with E-state index in [1.807, 2.05) is 23.9 Å². The van der Waals surface area contributed by atoms with Crippen LogP contribution in [0.5, 0.6) is 0 Å². The van der Waals surface area contributed by atoms with Gasteiger partial charge in [0.05, 0.1) is 12.8 Å². The topological polar surface area (TPSA) is 32.0 Å². The number of likely N-dealkylation sites (N-methyl/N-ethyl adjacent to an activating group) is 1. The van der Waals surface area contributed by atoms with Gasteiger partial charge in [0, 0.05) is 25.4 Å². The summed E-state index contributed by atoms with van der Waals surface area (Å²) in [5, 5.41) is 1.17. The van der Waals surface area contributed by atoms with Crippen LogP contribution in [0, 0.1) is 0 Å². The van der Waals surface area contributed by atoms with Crippen LogP contribution in [-0.2, 0) is 6.54 Å². The van der Waals surface area contributed by atoms with E-state index >= 15 is 0 Å². The van der Waals surface area contributed by atoms with Gasteiger partial charge in [0.2, 0.25) is 0 Å². The first-order valence-electron chi connectivity index (χ1n) is 6.35. The molecule has 1 aromatic rings. The van der Waals surface area contributed by atoms with Gasteiger partial charge in [-0.25, -0.2) is 0 Å². The molecule has 0 saturated carbocycles. The van der Waals surface area contributed by atoms with E-state index in [1.165, 1.54) is 17.3 Å². The fourth-order valence-electron chi connectivity index (χ4n) is 1.79. The smallest absolute Gasteiger partial charge is 0.159 e. The molecular formula is C13H21N3OS. The molecule has 1 aliphatic heterocycles. The van der Waals surface area contributed by atoms with Crippen molar-refractivity contribution in [3.8, 4) is 0 Å². The lowest BCUT2D eigenvalue weighted by molar-refractivity contribution is 0.309. The Bertz CT molecular complexity index is 376. The quantitative estimate of drug-likeness (QED) is 0.818. The van der Waals surface area contributed by atoms with Gasteiger partial charge in [-0.2, -0.15) is 0 Å². The van der Waals surface area contributed by atoms with Crippen LogP contribution < -0.4 is 0 Å². The maximum atomic E-state index is 5.44. The van der Waals surface area contributed by atoms with E-state index in [4.69, 9.17) is 4.42 Å². The molecule has 0 saturated heterocycles. The number of hydrogen-bond donors (Lipinski definition) is 0. The summed E-state index contributed by atoms with van der Waals surface area (Å²) in [6, 6.07) is 3.96. The average Bonchev–Trinajstić information content (AvgIpc) is 2.88. The average molecular weight is 267 g/mol. The molecule has 0 aliphatic carbocycles. The predicted molar refractivity (Wildman–Crippen MR) is 77.0 cm³/mol. The number of nitrogens with zero attached hydrogens (tertiary/aromatic N) is 3. The predicted octanol–water partition coefficient (Wildman–Crippen LogP) is 2.14. The van der Waals surface area contributed by atoms with Crippen LogP contribution in [0.15, 0.2) is 27.8 Å². The zero-order valence-corrected chi connectivity index (χ0v) is 11.9. The van der Waals surface area contributed by atoms with Crippen molar-refractivity contribution < 1.29 is 4.42 Å². The summed E-state index contributed by atoms with van der Waals surface area (Å²) in [7, 11) is 4.20. The van der Waals surface area contributed by atoms with Crippen molar-refractivity contribution in [2.75, 3.05) is 39.5 Å². The van der Waals surface area contributed by atoms with E-state index in [0.717, 1.165) is 31.9 Å². The van der Waals surface area contributed by atoms with Crippen molar-refractivity contribution in [2.45, 2.75) is 13.0 Å². The second kappa shape index (κ2) is 6.85. The van der Waals surface area contributed by atoms with Crippen LogP contribution in [0.25, 0.3) is 0 Å². The van der Waals surface area contributed by atoms with Crippen molar-refractivity contribution in [3.63, 3.8) is 0 Å². The van der Waals surface area contributed by atoms with Crippen molar-refractivity contribution in [2.24, 2.45) is 4.99 Å². The molecule has 1 aromatic heterocycles. The highest BCUT2D eigenvalue weighted by atomic mass is 32.2. The first-order chi connectivity index (χ1) is 8.75.